The van der Waals surface area contributed by atoms with Crippen molar-refractivity contribution in [3.8, 4) is 11.1 Å². The highest BCUT2D eigenvalue weighted by molar-refractivity contribution is 9.10. The maximum absolute atomic E-state index is 5.61. The molecule has 2 aromatic heterocycles. The monoisotopic (exact) mass is 249 g/mol. The number of hydrogen-bond donors (Lipinski definition) is 1. The number of nitrogen functional groups attached to an aromatic ring is 1. The molecule has 0 saturated heterocycles. The summed E-state index contributed by atoms with van der Waals surface area (Å²) in [7, 11) is 0. The molecule has 0 unspecified atom stereocenters. The molecule has 14 heavy (non-hydrogen) atoms. The third-order valence-corrected chi connectivity index (χ3v) is 2.48. The molecule has 4 heteroatoms. The average Bonchev–Trinajstić information content (AvgIpc) is 2.23. The predicted octanol–water partition coefficient (Wildman–Crippen LogP) is 2.49. The molecule has 0 atom stereocenters. The summed E-state index contributed by atoms with van der Waals surface area (Å²) >= 11 is 3.42. The lowest BCUT2D eigenvalue weighted by Gasteiger charge is -2.04. The van der Waals surface area contributed by atoms with Gasteiger partial charge in [-0.3, -0.25) is 4.98 Å². The van der Waals surface area contributed by atoms with E-state index >= 15 is 0 Å². The Morgan fingerprint density at radius 2 is 2.14 bits per heavy atom. The zero-order valence-electron chi connectivity index (χ0n) is 7.31. The molecule has 3 nitrogen and oxygen atoms in total. The first-order valence-corrected chi connectivity index (χ1v) is 4.88. The van der Waals surface area contributed by atoms with Crippen LogP contribution in [0.1, 0.15) is 0 Å². The van der Waals surface area contributed by atoms with Crippen LogP contribution in [0.2, 0.25) is 0 Å². The van der Waals surface area contributed by atoms with Gasteiger partial charge in [-0.05, 0) is 28.1 Å². The zero-order valence-corrected chi connectivity index (χ0v) is 8.90. The lowest BCUT2D eigenvalue weighted by Crippen LogP contribution is -1.91. The van der Waals surface area contributed by atoms with Gasteiger partial charge in [-0.15, -0.1) is 0 Å². The quantitative estimate of drug-likeness (QED) is 0.845. The maximum atomic E-state index is 5.61. The SMILES string of the molecule is Nc1cc(-c2cccnc2)c(Br)cn1. The van der Waals surface area contributed by atoms with Gasteiger partial charge in [0.25, 0.3) is 0 Å². The Labute approximate surface area is 90.1 Å². The van der Waals surface area contributed by atoms with Gasteiger partial charge in [0.05, 0.1) is 0 Å². The molecule has 0 fully saturated rings. The normalized spacial score (nSPS) is 10.1. The van der Waals surface area contributed by atoms with Gasteiger partial charge < -0.3 is 5.73 Å². The molecule has 0 bridgehead atoms. The molecule has 0 saturated carbocycles. The van der Waals surface area contributed by atoms with Crippen LogP contribution in [0.15, 0.2) is 41.3 Å². The van der Waals surface area contributed by atoms with Gasteiger partial charge in [-0.25, -0.2) is 4.98 Å². The fourth-order valence-corrected chi connectivity index (χ4v) is 1.64. The summed E-state index contributed by atoms with van der Waals surface area (Å²) in [6.07, 6.45) is 5.22. The van der Waals surface area contributed by atoms with Crippen molar-refractivity contribution in [3.63, 3.8) is 0 Å². The van der Waals surface area contributed by atoms with Gasteiger partial charge in [0.2, 0.25) is 0 Å². The lowest BCUT2D eigenvalue weighted by atomic mass is 10.1. The minimum Gasteiger partial charge on any atom is -0.384 e. The molecule has 0 aliphatic heterocycles. The van der Waals surface area contributed by atoms with Crippen LogP contribution < -0.4 is 5.73 Å². The third kappa shape index (κ3) is 1.75. The number of pyridine rings is 2. The largest absolute Gasteiger partial charge is 0.384 e. The minimum atomic E-state index is 0.507. The van der Waals surface area contributed by atoms with E-state index in [1.807, 2.05) is 18.2 Å². The zero-order chi connectivity index (χ0) is 9.97. The molecular weight excluding hydrogens is 242 g/mol. The van der Waals surface area contributed by atoms with Gasteiger partial charge in [0, 0.05) is 34.2 Å². The third-order valence-electron chi connectivity index (χ3n) is 1.85. The Morgan fingerprint density at radius 3 is 2.86 bits per heavy atom. The predicted molar refractivity (Wildman–Crippen MR) is 59.6 cm³/mol. The first-order chi connectivity index (χ1) is 6.77. The van der Waals surface area contributed by atoms with E-state index in [1.54, 1.807) is 18.6 Å². The molecule has 2 rings (SSSR count). The summed E-state index contributed by atoms with van der Waals surface area (Å²) in [4.78, 5) is 8.03. The Hall–Kier alpha value is -1.42. The molecular formula is C10H8BrN3. The van der Waals surface area contributed by atoms with Crippen molar-refractivity contribution in [1.29, 1.82) is 0 Å². The second kappa shape index (κ2) is 3.75. The van der Waals surface area contributed by atoms with Gasteiger partial charge in [0.15, 0.2) is 0 Å². The highest BCUT2D eigenvalue weighted by atomic mass is 79.9. The highest BCUT2D eigenvalue weighted by Gasteiger charge is 2.03. The molecule has 0 aliphatic rings. The van der Waals surface area contributed by atoms with Crippen LogP contribution >= 0.6 is 15.9 Å². The van der Waals surface area contributed by atoms with E-state index in [1.165, 1.54) is 0 Å². The van der Waals surface area contributed by atoms with Crippen molar-refractivity contribution in [1.82, 2.24) is 9.97 Å². The molecule has 0 aliphatic carbocycles. The van der Waals surface area contributed by atoms with Crippen LogP contribution in [-0.4, -0.2) is 9.97 Å². The Morgan fingerprint density at radius 1 is 1.29 bits per heavy atom. The fourth-order valence-electron chi connectivity index (χ4n) is 1.20. The Kier molecular flexibility index (Phi) is 2.45. The van der Waals surface area contributed by atoms with Crippen LogP contribution in [-0.2, 0) is 0 Å². The number of nitrogens with two attached hydrogens (primary N) is 1. The summed E-state index contributed by atoms with van der Waals surface area (Å²) in [5, 5.41) is 0. The van der Waals surface area contributed by atoms with Crippen LogP contribution in [0, 0.1) is 0 Å². The van der Waals surface area contributed by atoms with E-state index in [0.717, 1.165) is 15.6 Å². The van der Waals surface area contributed by atoms with Gasteiger partial charge in [-0.2, -0.15) is 0 Å². The number of aromatic nitrogens is 2. The van der Waals surface area contributed by atoms with Crippen molar-refractivity contribution in [2.75, 3.05) is 5.73 Å². The molecule has 0 spiro atoms. The van der Waals surface area contributed by atoms with E-state index in [4.69, 9.17) is 5.73 Å². The number of rotatable bonds is 1. The second-order valence-electron chi connectivity index (χ2n) is 2.83. The first kappa shape index (κ1) is 9.15. The standard InChI is InChI=1S/C10H8BrN3/c11-9-6-14-10(12)4-8(9)7-2-1-3-13-5-7/h1-6H,(H2,12,14). The lowest BCUT2D eigenvalue weighted by molar-refractivity contribution is 1.29. The van der Waals surface area contributed by atoms with Gasteiger partial charge >= 0.3 is 0 Å². The van der Waals surface area contributed by atoms with Gasteiger partial charge in [-0.1, -0.05) is 6.07 Å². The molecule has 2 N–H and O–H groups in total. The molecule has 2 aromatic rings. The number of anilines is 1. The maximum Gasteiger partial charge on any atom is 0.123 e. The minimum absolute atomic E-state index is 0.507. The first-order valence-electron chi connectivity index (χ1n) is 4.09. The highest BCUT2D eigenvalue weighted by Crippen LogP contribution is 2.27. The van der Waals surface area contributed by atoms with Crippen LogP contribution in [0.25, 0.3) is 11.1 Å². The van der Waals surface area contributed by atoms with Crippen LogP contribution in [0.4, 0.5) is 5.82 Å². The van der Waals surface area contributed by atoms with Crippen molar-refractivity contribution in [2.24, 2.45) is 0 Å². The molecule has 0 aromatic carbocycles. The molecule has 70 valence electrons. The Bertz CT molecular complexity index is 442. The van der Waals surface area contributed by atoms with E-state index in [0.29, 0.717) is 5.82 Å². The van der Waals surface area contributed by atoms with E-state index in [2.05, 4.69) is 25.9 Å². The smallest absolute Gasteiger partial charge is 0.123 e. The molecule has 0 radical (unpaired) electrons. The fraction of sp³-hybridized carbons (Fsp3) is 0. The average molecular weight is 250 g/mol. The van der Waals surface area contributed by atoms with E-state index in [9.17, 15) is 0 Å². The van der Waals surface area contributed by atoms with Crippen molar-refractivity contribution < 1.29 is 0 Å². The van der Waals surface area contributed by atoms with E-state index in [-0.39, 0.29) is 0 Å². The molecule has 0 amide bonds. The summed E-state index contributed by atoms with van der Waals surface area (Å²) in [5.74, 6) is 0.507. The Balaban J connectivity index is 2.57. The summed E-state index contributed by atoms with van der Waals surface area (Å²) < 4.78 is 0.916. The summed E-state index contributed by atoms with van der Waals surface area (Å²) in [6.45, 7) is 0. The summed E-state index contributed by atoms with van der Waals surface area (Å²) in [5.41, 5.74) is 7.64. The van der Waals surface area contributed by atoms with E-state index < -0.39 is 0 Å². The van der Waals surface area contributed by atoms with Crippen LogP contribution in [0.5, 0.6) is 0 Å². The van der Waals surface area contributed by atoms with Gasteiger partial charge in [0.1, 0.15) is 5.82 Å². The van der Waals surface area contributed by atoms with Crippen molar-refractivity contribution in [3.05, 3.63) is 41.3 Å². The number of nitrogens with zero attached hydrogens (tertiary/aromatic N) is 2. The van der Waals surface area contributed by atoms with Crippen molar-refractivity contribution in [2.45, 2.75) is 0 Å². The second-order valence-corrected chi connectivity index (χ2v) is 3.69. The molecule has 2 heterocycles. The summed E-state index contributed by atoms with van der Waals surface area (Å²) in [6, 6.07) is 5.69. The number of hydrogen-bond acceptors (Lipinski definition) is 3. The van der Waals surface area contributed by atoms with Crippen LogP contribution in [0.3, 0.4) is 0 Å². The van der Waals surface area contributed by atoms with Crippen molar-refractivity contribution >= 4 is 21.7 Å². The number of halogens is 1. The topological polar surface area (TPSA) is 51.8 Å².